The van der Waals surface area contributed by atoms with Gasteiger partial charge in [-0.15, -0.1) is 0 Å². The van der Waals surface area contributed by atoms with Gasteiger partial charge < -0.3 is 15.2 Å². The summed E-state index contributed by atoms with van der Waals surface area (Å²) in [5.74, 6) is 0.660. The van der Waals surface area contributed by atoms with Gasteiger partial charge in [0.2, 0.25) is 0 Å². The number of hydrogen-bond acceptors (Lipinski definition) is 6. The lowest BCUT2D eigenvalue weighted by Crippen LogP contribution is -2.14. The zero-order chi connectivity index (χ0) is 18.9. The first kappa shape index (κ1) is 19.8. The Hall–Kier alpha value is -2.51. The van der Waals surface area contributed by atoms with E-state index in [4.69, 9.17) is 4.74 Å². The molecule has 2 atom stereocenters. The van der Waals surface area contributed by atoms with E-state index >= 15 is 0 Å². The van der Waals surface area contributed by atoms with E-state index in [9.17, 15) is 5.11 Å². The predicted molar refractivity (Wildman–Crippen MR) is 104 cm³/mol. The molecule has 1 saturated heterocycles. The normalized spacial score (nSPS) is 19.7. The molecule has 2 aromatic rings. The van der Waals surface area contributed by atoms with Crippen molar-refractivity contribution in [2.75, 3.05) is 18.5 Å². The van der Waals surface area contributed by atoms with E-state index in [0.29, 0.717) is 23.5 Å². The average molecular weight is 357 g/mol. The molecule has 7 heteroatoms. The number of hydrogen-bond donors (Lipinski definition) is 2. The summed E-state index contributed by atoms with van der Waals surface area (Å²) in [6, 6.07) is 0. The Bertz CT molecular complexity index is 768. The molecule has 3 heterocycles. The molecule has 0 saturated carbocycles. The molecule has 0 spiro atoms. The van der Waals surface area contributed by atoms with E-state index < -0.39 is 0 Å². The molecule has 0 radical (unpaired) electrons. The summed E-state index contributed by atoms with van der Waals surface area (Å²) in [7, 11) is 0. The van der Waals surface area contributed by atoms with Gasteiger partial charge in [0.1, 0.15) is 12.6 Å². The van der Waals surface area contributed by atoms with E-state index in [1.165, 1.54) is 6.33 Å². The lowest BCUT2D eigenvalue weighted by Gasteiger charge is -2.14. The number of rotatable bonds is 7. The van der Waals surface area contributed by atoms with Gasteiger partial charge in [0.05, 0.1) is 19.0 Å². The molecule has 0 bridgehead atoms. The largest absolute Gasteiger partial charge is 0.394 e. The smallest absolute Gasteiger partial charge is 0.167 e. The number of allylic oxidation sites excluding steroid dienone is 2. The number of aliphatic hydroxyl groups is 1. The van der Waals surface area contributed by atoms with Crippen molar-refractivity contribution < 1.29 is 9.84 Å². The Morgan fingerprint density at radius 3 is 2.81 bits per heavy atom. The summed E-state index contributed by atoms with van der Waals surface area (Å²) in [6.45, 7) is 12.1. The second-order valence-electron chi connectivity index (χ2n) is 5.55. The van der Waals surface area contributed by atoms with E-state index in [-0.39, 0.29) is 18.9 Å². The Morgan fingerprint density at radius 1 is 1.35 bits per heavy atom. The van der Waals surface area contributed by atoms with Crippen molar-refractivity contribution in [3.63, 3.8) is 0 Å². The van der Waals surface area contributed by atoms with Crippen molar-refractivity contribution in [3.8, 4) is 0 Å². The number of aromatic nitrogens is 4. The van der Waals surface area contributed by atoms with Gasteiger partial charge in [0.15, 0.2) is 17.0 Å². The summed E-state index contributed by atoms with van der Waals surface area (Å²) < 4.78 is 7.70. The molecule has 2 N–H and O–H groups in total. The zero-order valence-electron chi connectivity index (χ0n) is 15.4. The van der Waals surface area contributed by atoms with Crippen molar-refractivity contribution in [2.24, 2.45) is 0 Å². The van der Waals surface area contributed by atoms with Crippen LogP contribution in [0.5, 0.6) is 0 Å². The van der Waals surface area contributed by atoms with Crippen LogP contribution in [0.3, 0.4) is 0 Å². The van der Waals surface area contributed by atoms with E-state index in [1.807, 2.05) is 24.5 Å². The summed E-state index contributed by atoms with van der Waals surface area (Å²) in [5, 5.41) is 12.5. The highest BCUT2D eigenvalue weighted by atomic mass is 16.5. The summed E-state index contributed by atoms with van der Waals surface area (Å²) in [4.78, 5) is 13.0. The molecule has 0 aliphatic carbocycles. The number of fused-ring (bicyclic) bond motifs is 1. The average Bonchev–Trinajstić information content (AvgIpc) is 3.33. The minimum atomic E-state index is -0.153. The van der Waals surface area contributed by atoms with Gasteiger partial charge in [0, 0.05) is 6.54 Å². The molecular formula is C19H27N5O2. The monoisotopic (exact) mass is 357 g/mol. The minimum Gasteiger partial charge on any atom is -0.394 e. The predicted octanol–water partition coefficient (Wildman–Crippen LogP) is 3.23. The maximum atomic E-state index is 9.22. The molecule has 7 nitrogen and oxygen atoms in total. The van der Waals surface area contributed by atoms with Gasteiger partial charge >= 0.3 is 0 Å². The van der Waals surface area contributed by atoms with E-state index in [0.717, 1.165) is 18.4 Å². The Labute approximate surface area is 154 Å². The third-order valence-electron chi connectivity index (χ3n) is 4.01. The second kappa shape index (κ2) is 9.84. The Kier molecular flexibility index (Phi) is 7.50. The topological polar surface area (TPSA) is 85.1 Å². The highest BCUT2D eigenvalue weighted by Gasteiger charge is 2.27. The number of nitrogens with zero attached hydrogens (tertiary/aromatic N) is 4. The van der Waals surface area contributed by atoms with Crippen molar-refractivity contribution in [1.82, 2.24) is 19.5 Å². The van der Waals surface area contributed by atoms with Crippen molar-refractivity contribution >= 4 is 17.0 Å². The lowest BCUT2D eigenvalue weighted by molar-refractivity contribution is -0.0207. The third-order valence-corrected chi connectivity index (χ3v) is 4.01. The second-order valence-corrected chi connectivity index (χ2v) is 5.55. The number of imidazole rings is 1. The fraction of sp³-hybridized carbons (Fsp3) is 0.421. The Morgan fingerprint density at radius 2 is 2.15 bits per heavy atom. The maximum Gasteiger partial charge on any atom is 0.167 e. The van der Waals surface area contributed by atoms with Crippen LogP contribution in [-0.2, 0) is 4.74 Å². The summed E-state index contributed by atoms with van der Waals surface area (Å²) >= 11 is 0. The summed E-state index contributed by atoms with van der Waals surface area (Å²) in [5.41, 5.74) is 2.40. The molecule has 2 unspecified atom stereocenters. The number of ether oxygens (including phenoxy) is 1. The van der Waals surface area contributed by atoms with Crippen LogP contribution in [0.4, 0.5) is 5.82 Å². The maximum absolute atomic E-state index is 9.22. The van der Waals surface area contributed by atoms with Crippen molar-refractivity contribution in [2.45, 2.75) is 39.0 Å². The quantitative estimate of drug-likeness (QED) is 0.740. The van der Waals surface area contributed by atoms with E-state index in [1.54, 1.807) is 18.5 Å². The van der Waals surface area contributed by atoms with Crippen LogP contribution < -0.4 is 5.32 Å². The highest BCUT2D eigenvalue weighted by Crippen LogP contribution is 2.31. The highest BCUT2D eigenvalue weighted by molar-refractivity contribution is 5.82. The van der Waals surface area contributed by atoms with Crippen LogP contribution >= 0.6 is 0 Å². The van der Waals surface area contributed by atoms with Crippen LogP contribution in [0, 0.1) is 0 Å². The molecule has 3 rings (SSSR count). The van der Waals surface area contributed by atoms with Crippen LogP contribution in [0.15, 0.2) is 49.6 Å². The Balaban J connectivity index is 0.00000117. The molecule has 0 amide bonds. The molecule has 1 aliphatic rings. The fourth-order valence-electron chi connectivity index (χ4n) is 2.75. The first-order valence-electron chi connectivity index (χ1n) is 8.88. The third kappa shape index (κ3) is 4.36. The first-order chi connectivity index (χ1) is 12.8. The van der Waals surface area contributed by atoms with Gasteiger partial charge in [-0.3, -0.25) is 4.57 Å². The van der Waals surface area contributed by atoms with Crippen molar-refractivity contribution in [3.05, 3.63) is 49.6 Å². The molecule has 140 valence electrons. The van der Waals surface area contributed by atoms with Gasteiger partial charge in [-0.05, 0) is 18.4 Å². The minimum absolute atomic E-state index is 0.0326. The number of nitrogens with one attached hydrogen (secondary N) is 1. The van der Waals surface area contributed by atoms with Gasteiger partial charge in [-0.25, -0.2) is 15.0 Å². The standard InChI is InChI=1S/C17H21N5O2.C2H6/c1-3-5-12(4-2)8-18-16-15-17(20-10-19-16)22(11-21-15)14-7-6-13(9-23)24-14;1-2/h3-5,10-11,13-14,23H,1-2,6-9H2,(H,18,19,20);1-2H3/b12-5+;. The molecule has 2 aromatic heterocycles. The molecular weight excluding hydrogens is 330 g/mol. The van der Waals surface area contributed by atoms with Gasteiger partial charge in [-0.1, -0.05) is 45.2 Å². The van der Waals surface area contributed by atoms with Crippen LogP contribution in [0.25, 0.3) is 11.2 Å². The SMILES string of the molecule is C=C/C=C(\C=C)CNc1ncnc2c1ncn2C1CCC(CO)O1.CC. The van der Waals surface area contributed by atoms with Gasteiger partial charge in [0.25, 0.3) is 0 Å². The summed E-state index contributed by atoms with van der Waals surface area (Å²) in [6.07, 6.45) is 9.97. The molecule has 0 aromatic carbocycles. The number of aliphatic hydroxyl groups excluding tert-OH is 1. The molecule has 1 fully saturated rings. The van der Waals surface area contributed by atoms with Crippen molar-refractivity contribution in [1.29, 1.82) is 0 Å². The lowest BCUT2D eigenvalue weighted by atomic mass is 10.2. The first-order valence-corrected chi connectivity index (χ1v) is 8.88. The fourth-order valence-corrected chi connectivity index (χ4v) is 2.75. The van der Waals surface area contributed by atoms with Crippen LogP contribution in [-0.4, -0.2) is 43.9 Å². The molecule has 26 heavy (non-hydrogen) atoms. The van der Waals surface area contributed by atoms with Crippen LogP contribution in [0.1, 0.15) is 32.9 Å². The number of anilines is 1. The van der Waals surface area contributed by atoms with E-state index in [2.05, 4.69) is 33.4 Å². The molecule has 1 aliphatic heterocycles. The van der Waals surface area contributed by atoms with Crippen LogP contribution in [0.2, 0.25) is 0 Å². The van der Waals surface area contributed by atoms with Gasteiger partial charge in [-0.2, -0.15) is 0 Å². The zero-order valence-corrected chi connectivity index (χ0v) is 15.4.